The van der Waals surface area contributed by atoms with E-state index in [1.165, 1.54) is 0 Å². The lowest BCUT2D eigenvalue weighted by atomic mass is 10.2. The van der Waals surface area contributed by atoms with Crippen LogP contribution in [0.15, 0.2) is 0 Å². The maximum atomic E-state index is 11.2. The van der Waals surface area contributed by atoms with Gasteiger partial charge >= 0.3 is 0 Å². The molecule has 0 saturated heterocycles. The summed E-state index contributed by atoms with van der Waals surface area (Å²) in [5, 5.41) is 3.83. The van der Waals surface area contributed by atoms with Crippen LogP contribution in [-0.4, -0.2) is 30.5 Å². The molecule has 0 bridgehead atoms. The molecule has 0 saturated carbocycles. The number of ether oxygens (including phenoxy) is 1. The fraction of sp³-hybridized carbons (Fsp3) is 0.889. The fourth-order valence-corrected chi connectivity index (χ4v) is 1.53. The first-order valence-corrected chi connectivity index (χ1v) is 5.79. The second kappa shape index (κ2) is 8.51. The monoisotopic (exact) mass is 251 g/mol. The second-order valence-corrected chi connectivity index (χ2v) is 3.58. The molecule has 0 heterocycles. The van der Waals surface area contributed by atoms with Gasteiger partial charge in [-0.2, -0.15) is 0 Å². The number of alkyl halides is 1. The van der Waals surface area contributed by atoms with E-state index in [2.05, 4.69) is 28.2 Å². The molecule has 0 aromatic heterocycles. The summed E-state index contributed by atoms with van der Waals surface area (Å²) in [7, 11) is 0. The normalized spacial score (nSPS) is 12.5. The Morgan fingerprint density at radius 2 is 2.23 bits per heavy atom. The van der Waals surface area contributed by atoms with Crippen LogP contribution in [0, 0.1) is 0 Å². The number of halogens is 1. The largest absolute Gasteiger partial charge is 0.372 e. The van der Waals surface area contributed by atoms with E-state index in [-0.39, 0.29) is 18.6 Å². The quantitative estimate of drug-likeness (QED) is 0.700. The van der Waals surface area contributed by atoms with Crippen molar-refractivity contribution in [2.75, 3.05) is 18.5 Å². The van der Waals surface area contributed by atoms with E-state index in [1.807, 2.05) is 6.92 Å². The van der Waals surface area contributed by atoms with Gasteiger partial charge in [-0.25, -0.2) is 0 Å². The molecular formula is C9H18BrNO2. The maximum Gasteiger partial charge on any atom is 0.246 e. The van der Waals surface area contributed by atoms with Gasteiger partial charge in [0.25, 0.3) is 0 Å². The van der Waals surface area contributed by atoms with E-state index in [0.29, 0.717) is 6.61 Å². The van der Waals surface area contributed by atoms with Crippen molar-refractivity contribution in [1.29, 1.82) is 0 Å². The molecule has 0 rings (SSSR count). The minimum Gasteiger partial charge on any atom is -0.372 e. The van der Waals surface area contributed by atoms with E-state index < -0.39 is 0 Å². The van der Waals surface area contributed by atoms with Crippen molar-refractivity contribution in [3.8, 4) is 0 Å². The van der Waals surface area contributed by atoms with E-state index in [1.54, 1.807) is 0 Å². The molecule has 4 heteroatoms. The van der Waals surface area contributed by atoms with Gasteiger partial charge in [0.15, 0.2) is 0 Å². The number of rotatable bonds is 7. The van der Waals surface area contributed by atoms with Gasteiger partial charge in [0.1, 0.15) is 6.61 Å². The molecular weight excluding hydrogens is 234 g/mol. The third-order valence-electron chi connectivity index (χ3n) is 1.75. The molecule has 0 aliphatic carbocycles. The minimum absolute atomic E-state index is 0.0188. The van der Waals surface area contributed by atoms with Crippen molar-refractivity contribution >= 4 is 21.8 Å². The molecule has 1 atom stereocenters. The Morgan fingerprint density at radius 1 is 1.54 bits per heavy atom. The Kier molecular flexibility index (Phi) is 8.45. The first-order valence-electron chi connectivity index (χ1n) is 4.67. The molecule has 78 valence electrons. The second-order valence-electron chi connectivity index (χ2n) is 2.79. The van der Waals surface area contributed by atoms with Crippen molar-refractivity contribution in [2.24, 2.45) is 0 Å². The van der Waals surface area contributed by atoms with Crippen LogP contribution >= 0.6 is 15.9 Å². The van der Waals surface area contributed by atoms with E-state index in [0.717, 1.165) is 18.2 Å². The Bertz CT molecular complexity index is 142. The molecule has 13 heavy (non-hydrogen) atoms. The lowest BCUT2D eigenvalue weighted by molar-refractivity contribution is -0.126. The molecule has 1 amide bonds. The lowest BCUT2D eigenvalue weighted by Gasteiger charge is -2.15. The SMILES string of the molecule is CCOCC(=O)NC(CC)CCBr. The Labute approximate surface area is 88.4 Å². The van der Waals surface area contributed by atoms with Gasteiger partial charge in [0.05, 0.1) is 0 Å². The zero-order valence-corrected chi connectivity index (χ0v) is 9.89. The lowest BCUT2D eigenvalue weighted by Crippen LogP contribution is -2.37. The number of carbonyl (C=O) groups is 1. The third-order valence-corrected chi connectivity index (χ3v) is 2.21. The summed E-state index contributed by atoms with van der Waals surface area (Å²) in [6.45, 7) is 4.70. The highest BCUT2D eigenvalue weighted by atomic mass is 79.9. The van der Waals surface area contributed by atoms with Gasteiger partial charge in [0.2, 0.25) is 5.91 Å². The molecule has 0 aromatic rings. The van der Waals surface area contributed by atoms with Crippen LogP contribution in [0.4, 0.5) is 0 Å². The summed E-state index contributed by atoms with van der Waals surface area (Å²) in [5.41, 5.74) is 0. The maximum absolute atomic E-state index is 11.2. The van der Waals surface area contributed by atoms with Gasteiger partial charge in [-0.15, -0.1) is 0 Å². The van der Waals surface area contributed by atoms with Crippen LogP contribution in [0.25, 0.3) is 0 Å². The van der Waals surface area contributed by atoms with E-state index in [4.69, 9.17) is 4.74 Å². The zero-order valence-electron chi connectivity index (χ0n) is 8.31. The van der Waals surface area contributed by atoms with Crippen molar-refractivity contribution in [3.63, 3.8) is 0 Å². The summed E-state index contributed by atoms with van der Waals surface area (Å²) in [6.07, 6.45) is 1.93. The topological polar surface area (TPSA) is 38.3 Å². The number of nitrogens with one attached hydrogen (secondary N) is 1. The fourth-order valence-electron chi connectivity index (χ4n) is 0.974. The molecule has 1 N–H and O–H groups in total. The van der Waals surface area contributed by atoms with Crippen molar-refractivity contribution in [2.45, 2.75) is 32.7 Å². The Hall–Kier alpha value is -0.0900. The van der Waals surface area contributed by atoms with Crippen molar-refractivity contribution in [3.05, 3.63) is 0 Å². The first-order chi connectivity index (χ1) is 6.24. The highest BCUT2D eigenvalue weighted by Crippen LogP contribution is 2.00. The number of hydrogen-bond donors (Lipinski definition) is 1. The molecule has 0 aliphatic rings. The van der Waals surface area contributed by atoms with Gasteiger partial charge < -0.3 is 10.1 Å². The van der Waals surface area contributed by atoms with Crippen LogP contribution in [-0.2, 0) is 9.53 Å². The van der Waals surface area contributed by atoms with Crippen molar-refractivity contribution in [1.82, 2.24) is 5.32 Å². The Balaban J connectivity index is 3.60. The van der Waals surface area contributed by atoms with Gasteiger partial charge in [0, 0.05) is 18.0 Å². The van der Waals surface area contributed by atoms with Crippen molar-refractivity contribution < 1.29 is 9.53 Å². The summed E-state index contributed by atoms with van der Waals surface area (Å²) in [4.78, 5) is 11.2. The standard InChI is InChI=1S/C9H18BrNO2/c1-3-8(5-6-10)11-9(12)7-13-4-2/h8H,3-7H2,1-2H3,(H,11,12). The summed E-state index contributed by atoms with van der Waals surface area (Å²) >= 11 is 3.35. The Morgan fingerprint density at radius 3 is 2.69 bits per heavy atom. The molecule has 0 aromatic carbocycles. The summed E-state index contributed by atoms with van der Waals surface area (Å²) < 4.78 is 5.00. The first kappa shape index (κ1) is 12.9. The van der Waals surface area contributed by atoms with Crippen LogP contribution in [0.5, 0.6) is 0 Å². The molecule has 0 radical (unpaired) electrons. The average Bonchev–Trinajstić information content (AvgIpc) is 2.14. The smallest absolute Gasteiger partial charge is 0.246 e. The minimum atomic E-state index is -0.0188. The van der Waals surface area contributed by atoms with Crippen LogP contribution in [0.2, 0.25) is 0 Å². The van der Waals surface area contributed by atoms with Gasteiger partial charge in [-0.1, -0.05) is 22.9 Å². The third kappa shape index (κ3) is 7.02. The molecule has 0 spiro atoms. The van der Waals surface area contributed by atoms with Gasteiger partial charge in [-0.05, 0) is 19.8 Å². The zero-order chi connectivity index (χ0) is 10.1. The molecule has 0 fully saturated rings. The summed E-state index contributed by atoms with van der Waals surface area (Å²) in [5.74, 6) is -0.0188. The number of amides is 1. The number of hydrogen-bond acceptors (Lipinski definition) is 2. The van der Waals surface area contributed by atoms with Crippen LogP contribution < -0.4 is 5.32 Å². The highest BCUT2D eigenvalue weighted by molar-refractivity contribution is 9.09. The van der Waals surface area contributed by atoms with Crippen LogP contribution in [0.1, 0.15) is 26.7 Å². The van der Waals surface area contributed by atoms with Crippen LogP contribution in [0.3, 0.4) is 0 Å². The molecule has 3 nitrogen and oxygen atoms in total. The predicted molar refractivity (Wildman–Crippen MR) is 57.1 cm³/mol. The average molecular weight is 252 g/mol. The molecule has 1 unspecified atom stereocenters. The van der Waals surface area contributed by atoms with E-state index in [9.17, 15) is 4.79 Å². The summed E-state index contributed by atoms with van der Waals surface area (Å²) in [6, 6.07) is 0.271. The van der Waals surface area contributed by atoms with Gasteiger partial charge in [-0.3, -0.25) is 4.79 Å². The molecule has 0 aliphatic heterocycles. The number of carbonyl (C=O) groups excluding carboxylic acids is 1. The predicted octanol–water partition coefficient (Wildman–Crippen LogP) is 1.70. The highest BCUT2D eigenvalue weighted by Gasteiger charge is 2.08. The van der Waals surface area contributed by atoms with E-state index >= 15 is 0 Å².